The summed E-state index contributed by atoms with van der Waals surface area (Å²) >= 11 is 0. The fourth-order valence-corrected chi connectivity index (χ4v) is 5.34. The van der Waals surface area contributed by atoms with E-state index in [2.05, 4.69) is 67.7 Å². The number of hydrogen-bond acceptors (Lipinski definition) is 1. The van der Waals surface area contributed by atoms with Gasteiger partial charge in [-0.25, -0.2) is 0 Å². The first-order valence-corrected chi connectivity index (χ1v) is 10.6. The lowest BCUT2D eigenvalue weighted by atomic mass is 10.2. The Bertz CT molecular complexity index is 561. The molecule has 1 unspecified atom stereocenters. The van der Waals surface area contributed by atoms with Crippen LogP contribution in [0.5, 0.6) is 0 Å². The van der Waals surface area contributed by atoms with E-state index in [4.69, 9.17) is 0 Å². The molecule has 0 amide bonds. The normalized spacial score (nSPS) is 13.5. The predicted molar refractivity (Wildman–Crippen MR) is 94.5 cm³/mol. The van der Waals surface area contributed by atoms with Crippen molar-refractivity contribution < 1.29 is 5.11 Å². The molecule has 0 saturated heterocycles. The van der Waals surface area contributed by atoms with E-state index in [1.165, 1.54) is 10.8 Å². The van der Waals surface area contributed by atoms with Crippen molar-refractivity contribution in [2.75, 3.05) is 6.61 Å². The van der Waals surface area contributed by atoms with Gasteiger partial charge in [-0.05, 0) is 17.5 Å². The zero-order chi connectivity index (χ0) is 15.1. The number of hydrogen-bond donors (Lipinski definition) is 1. The molecule has 0 aliphatic heterocycles. The predicted octanol–water partition coefficient (Wildman–Crippen LogP) is 4.07. The fraction of sp³-hybridized carbons (Fsp3) is 0.263. The van der Waals surface area contributed by atoms with Crippen LogP contribution in [0.1, 0.15) is 12.0 Å². The maximum atomic E-state index is 9.82. The quantitative estimate of drug-likeness (QED) is 0.797. The van der Waals surface area contributed by atoms with Crippen LogP contribution in [0.2, 0.25) is 18.6 Å². The maximum Gasteiger partial charge on any atom is 0.0862 e. The van der Waals surface area contributed by atoms with Crippen LogP contribution in [0.3, 0.4) is 0 Å². The van der Waals surface area contributed by atoms with Gasteiger partial charge in [-0.2, -0.15) is 0 Å². The van der Waals surface area contributed by atoms with Crippen LogP contribution in [0.25, 0.3) is 6.08 Å². The molecule has 0 spiro atoms. The average molecular weight is 296 g/mol. The molecule has 1 atom stereocenters. The molecule has 0 fully saturated rings. The van der Waals surface area contributed by atoms with Gasteiger partial charge in [0.15, 0.2) is 0 Å². The Balaban J connectivity index is 2.07. The molecule has 1 N–H and O–H groups in total. The molecule has 2 aromatic rings. The van der Waals surface area contributed by atoms with Gasteiger partial charge in [0.2, 0.25) is 0 Å². The monoisotopic (exact) mass is 296 g/mol. The lowest BCUT2D eigenvalue weighted by Crippen LogP contribution is -2.47. The number of rotatable bonds is 6. The van der Waals surface area contributed by atoms with E-state index < -0.39 is 8.07 Å². The Kier molecular flexibility index (Phi) is 5.54. The van der Waals surface area contributed by atoms with Crippen LogP contribution >= 0.6 is 0 Å². The largest absolute Gasteiger partial charge is 0.396 e. The first kappa shape index (κ1) is 15.7. The van der Waals surface area contributed by atoms with Gasteiger partial charge >= 0.3 is 0 Å². The van der Waals surface area contributed by atoms with Gasteiger partial charge in [-0.3, -0.25) is 0 Å². The van der Waals surface area contributed by atoms with Crippen molar-refractivity contribution in [3.05, 3.63) is 72.3 Å². The van der Waals surface area contributed by atoms with Gasteiger partial charge in [0.25, 0.3) is 0 Å². The van der Waals surface area contributed by atoms with Gasteiger partial charge in [-0.1, -0.05) is 91.1 Å². The molecule has 2 rings (SSSR count). The molecule has 110 valence electrons. The van der Waals surface area contributed by atoms with Crippen LogP contribution in [0.15, 0.2) is 66.7 Å². The van der Waals surface area contributed by atoms with Gasteiger partial charge in [-0.15, -0.1) is 0 Å². The third-order valence-electron chi connectivity index (χ3n) is 4.29. The third kappa shape index (κ3) is 4.16. The molecule has 0 aliphatic rings. The number of allylic oxidation sites excluding steroid dienone is 1. The molecular formula is C19H24OSi. The Hall–Kier alpha value is -1.64. The van der Waals surface area contributed by atoms with E-state index in [0.717, 1.165) is 6.42 Å². The Labute approximate surface area is 129 Å². The van der Waals surface area contributed by atoms with Crippen molar-refractivity contribution in [3.63, 3.8) is 0 Å². The van der Waals surface area contributed by atoms with Gasteiger partial charge < -0.3 is 5.11 Å². The molecule has 0 aromatic heterocycles. The van der Waals surface area contributed by atoms with Crippen LogP contribution in [0.4, 0.5) is 0 Å². The molecule has 0 aliphatic carbocycles. The minimum Gasteiger partial charge on any atom is -0.396 e. The minimum absolute atomic E-state index is 0.257. The van der Waals surface area contributed by atoms with E-state index in [9.17, 15) is 5.11 Å². The van der Waals surface area contributed by atoms with E-state index >= 15 is 0 Å². The first-order chi connectivity index (χ1) is 10.1. The summed E-state index contributed by atoms with van der Waals surface area (Å²) in [6.07, 6.45) is 5.28. The fourth-order valence-electron chi connectivity index (χ4n) is 2.63. The summed E-state index contributed by atoms with van der Waals surface area (Å²) in [5.74, 6) is 0. The van der Waals surface area contributed by atoms with Crippen molar-refractivity contribution in [2.45, 2.75) is 25.1 Å². The van der Waals surface area contributed by atoms with E-state index in [1.807, 2.05) is 18.2 Å². The summed E-state index contributed by atoms with van der Waals surface area (Å²) in [5.41, 5.74) is 1.56. The topological polar surface area (TPSA) is 20.2 Å². The second-order valence-electron chi connectivity index (χ2n) is 6.02. The van der Waals surface area contributed by atoms with Gasteiger partial charge in [0.05, 0.1) is 8.07 Å². The lowest BCUT2D eigenvalue weighted by Gasteiger charge is -2.31. The summed E-state index contributed by atoms with van der Waals surface area (Å²) < 4.78 is 0. The molecule has 0 bridgehead atoms. The second kappa shape index (κ2) is 7.39. The summed E-state index contributed by atoms with van der Waals surface area (Å²) in [5, 5.41) is 11.2. The molecule has 0 radical (unpaired) electrons. The van der Waals surface area contributed by atoms with E-state index in [0.29, 0.717) is 5.54 Å². The second-order valence-corrected chi connectivity index (χ2v) is 10.9. The van der Waals surface area contributed by atoms with Crippen LogP contribution in [-0.4, -0.2) is 19.8 Å². The molecule has 21 heavy (non-hydrogen) atoms. The molecule has 1 nitrogen and oxygen atoms in total. The first-order valence-electron chi connectivity index (χ1n) is 7.52. The van der Waals surface area contributed by atoms with Crippen LogP contribution < -0.4 is 5.19 Å². The minimum atomic E-state index is -1.65. The van der Waals surface area contributed by atoms with Crippen LogP contribution in [-0.2, 0) is 0 Å². The number of aliphatic hydroxyl groups excluding tert-OH is 1. The summed E-state index contributed by atoms with van der Waals surface area (Å²) in [4.78, 5) is 0. The zero-order valence-electron chi connectivity index (χ0n) is 12.9. The Morgan fingerprint density at radius 1 is 0.952 bits per heavy atom. The zero-order valence-corrected chi connectivity index (χ0v) is 13.9. The SMILES string of the molecule is C[Si](C)(c1ccccc1)C(CO)C/C=C/c1ccccc1. The summed E-state index contributed by atoms with van der Waals surface area (Å²) in [6.45, 7) is 4.95. The number of benzene rings is 2. The highest BCUT2D eigenvalue weighted by Crippen LogP contribution is 2.26. The third-order valence-corrected chi connectivity index (χ3v) is 8.57. The van der Waals surface area contributed by atoms with Crippen molar-refractivity contribution in [1.29, 1.82) is 0 Å². The summed E-state index contributed by atoms with van der Waals surface area (Å²) in [6, 6.07) is 21.0. The molecule has 2 heteroatoms. The highest BCUT2D eigenvalue weighted by molar-refractivity contribution is 6.91. The lowest BCUT2D eigenvalue weighted by molar-refractivity contribution is 0.287. The van der Waals surface area contributed by atoms with E-state index in [-0.39, 0.29) is 6.61 Å². The van der Waals surface area contributed by atoms with E-state index in [1.54, 1.807) is 0 Å². The van der Waals surface area contributed by atoms with Crippen molar-refractivity contribution >= 4 is 19.3 Å². The van der Waals surface area contributed by atoms with Crippen LogP contribution in [0, 0.1) is 0 Å². The molecule has 0 heterocycles. The van der Waals surface area contributed by atoms with Crippen molar-refractivity contribution in [1.82, 2.24) is 0 Å². The van der Waals surface area contributed by atoms with Crippen molar-refractivity contribution in [3.8, 4) is 0 Å². The van der Waals surface area contributed by atoms with Gasteiger partial charge in [0, 0.05) is 6.61 Å². The summed E-state index contributed by atoms with van der Waals surface area (Å²) in [7, 11) is -1.65. The molecular weight excluding hydrogens is 272 g/mol. The molecule has 2 aromatic carbocycles. The number of aliphatic hydroxyl groups is 1. The standard InChI is InChI=1S/C19H24OSi/c1-21(2,18-13-7-4-8-14-18)19(16-20)15-9-12-17-10-5-3-6-11-17/h3-14,19-20H,15-16H2,1-2H3/b12-9+. The smallest absolute Gasteiger partial charge is 0.0862 e. The highest BCUT2D eigenvalue weighted by atomic mass is 28.3. The molecule has 0 saturated carbocycles. The highest BCUT2D eigenvalue weighted by Gasteiger charge is 2.32. The van der Waals surface area contributed by atoms with Crippen molar-refractivity contribution in [2.24, 2.45) is 0 Å². The maximum absolute atomic E-state index is 9.82. The van der Waals surface area contributed by atoms with Gasteiger partial charge in [0.1, 0.15) is 0 Å². The Morgan fingerprint density at radius 3 is 2.10 bits per heavy atom. The average Bonchev–Trinajstić information content (AvgIpc) is 2.53. The Morgan fingerprint density at radius 2 is 1.52 bits per heavy atom.